The SMILES string of the molecule is CCCNC(=O)c1cncc(C(=O)NCc2ccc3c(c2)OCO3)c1. The predicted molar refractivity (Wildman–Crippen MR) is 90.6 cm³/mol. The second-order valence-electron chi connectivity index (χ2n) is 5.59. The molecule has 25 heavy (non-hydrogen) atoms. The molecule has 1 aromatic heterocycles. The van der Waals surface area contributed by atoms with Gasteiger partial charge in [-0.3, -0.25) is 14.6 Å². The van der Waals surface area contributed by atoms with E-state index in [1.807, 2.05) is 25.1 Å². The number of fused-ring (bicyclic) bond motifs is 1. The zero-order chi connectivity index (χ0) is 17.6. The average Bonchev–Trinajstić information content (AvgIpc) is 3.12. The minimum Gasteiger partial charge on any atom is -0.454 e. The summed E-state index contributed by atoms with van der Waals surface area (Å²) in [5.74, 6) is 0.836. The lowest BCUT2D eigenvalue weighted by Gasteiger charge is -2.08. The summed E-state index contributed by atoms with van der Waals surface area (Å²) in [5.41, 5.74) is 1.59. The quantitative estimate of drug-likeness (QED) is 0.837. The fraction of sp³-hybridized carbons (Fsp3) is 0.278. The maximum Gasteiger partial charge on any atom is 0.253 e. The van der Waals surface area contributed by atoms with Crippen LogP contribution in [0.4, 0.5) is 0 Å². The average molecular weight is 341 g/mol. The van der Waals surface area contributed by atoms with Crippen molar-refractivity contribution in [1.29, 1.82) is 0 Å². The van der Waals surface area contributed by atoms with Gasteiger partial charge in [-0.15, -0.1) is 0 Å². The third-order valence-corrected chi connectivity index (χ3v) is 3.69. The van der Waals surface area contributed by atoms with Crippen molar-refractivity contribution in [3.05, 3.63) is 53.3 Å². The van der Waals surface area contributed by atoms with Gasteiger partial charge in [0.15, 0.2) is 11.5 Å². The number of rotatable bonds is 6. The minimum absolute atomic E-state index is 0.212. The van der Waals surface area contributed by atoms with Crippen molar-refractivity contribution in [2.45, 2.75) is 19.9 Å². The van der Waals surface area contributed by atoms with Crippen LogP contribution in [-0.2, 0) is 6.54 Å². The Bertz CT molecular complexity index is 792. The standard InChI is InChI=1S/C18H19N3O4/c1-2-5-20-17(22)13-7-14(10-19-9-13)18(23)21-8-12-3-4-15-16(6-12)25-11-24-15/h3-4,6-7,9-10H,2,5,8,11H2,1H3,(H,20,22)(H,21,23). The van der Waals surface area contributed by atoms with Crippen molar-refractivity contribution in [2.75, 3.05) is 13.3 Å². The first-order valence-corrected chi connectivity index (χ1v) is 8.07. The molecule has 1 aliphatic rings. The van der Waals surface area contributed by atoms with Gasteiger partial charge in [-0.2, -0.15) is 0 Å². The zero-order valence-electron chi connectivity index (χ0n) is 13.9. The fourth-order valence-corrected chi connectivity index (χ4v) is 2.36. The molecule has 2 N–H and O–H groups in total. The number of carbonyl (C=O) groups excluding carboxylic acids is 2. The Balaban J connectivity index is 1.62. The number of aromatic nitrogens is 1. The van der Waals surface area contributed by atoms with Crippen molar-refractivity contribution >= 4 is 11.8 Å². The molecule has 1 aromatic carbocycles. The summed E-state index contributed by atoms with van der Waals surface area (Å²) in [6.07, 6.45) is 3.72. The maximum atomic E-state index is 12.3. The van der Waals surface area contributed by atoms with Crippen LogP contribution in [0.3, 0.4) is 0 Å². The number of nitrogens with one attached hydrogen (secondary N) is 2. The van der Waals surface area contributed by atoms with Gasteiger partial charge >= 0.3 is 0 Å². The largest absolute Gasteiger partial charge is 0.454 e. The number of carbonyl (C=O) groups is 2. The number of pyridine rings is 1. The monoisotopic (exact) mass is 341 g/mol. The van der Waals surface area contributed by atoms with Crippen LogP contribution in [0, 0.1) is 0 Å². The molecule has 2 amide bonds. The molecule has 0 aliphatic carbocycles. The van der Waals surface area contributed by atoms with Gasteiger partial charge in [0.1, 0.15) is 0 Å². The highest BCUT2D eigenvalue weighted by Crippen LogP contribution is 2.32. The van der Waals surface area contributed by atoms with E-state index >= 15 is 0 Å². The van der Waals surface area contributed by atoms with Crippen LogP contribution < -0.4 is 20.1 Å². The second kappa shape index (κ2) is 7.65. The normalized spacial score (nSPS) is 11.9. The van der Waals surface area contributed by atoms with Crippen molar-refractivity contribution < 1.29 is 19.1 Å². The van der Waals surface area contributed by atoms with E-state index in [1.54, 1.807) is 0 Å². The molecule has 0 radical (unpaired) electrons. The Hall–Kier alpha value is -3.09. The van der Waals surface area contributed by atoms with E-state index in [-0.39, 0.29) is 18.6 Å². The molecule has 0 saturated heterocycles. The number of ether oxygens (including phenoxy) is 2. The van der Waals surface area contributed by atoms with Gasteiger partial charge in [-0.05, 0) is 30.2 Å². The molecule has 0 unspecified atom stereocenters. The van der Waals surface area contributed by atoms with Gasteiger partial charge in [-0.25, -0.2) is 0 Å². The van der Waals surface area contributed by atoms with E-state index < -0.39 is 0 Å². The predicted octanol–water partition coefficient (Wildman–Crippen LogP) is 1.88. The molecule has 3 rings (SSSR count). The van der Waals surface area contributed by atoms with E-state index in [0.29, 0.717) is 35.7 Å². The Morgan fingerprint density at radius 2 is 1.76 bits per heavy atom. The molecule has 2 heterocycles. The Morgan fingerprint density at radius 3 is 2.52 bits per heavy atom. The van der Waals surface area contributed by atoms with Crippen molar-refractivity contribution in [3.8, 4) is 11.5 Å². The Morgan fingerprint density at radius 1 is 1.04 bits per heavy atom. The van der Waals surface area contributed by atoms with Gasteiger partial charge in [0.25, 0.3) is 11.8 Å². The fourth-order valence-electron chi connectivity index (χ4n) is 2.36. The van der Waals surface area contributed by atoms with Gasteiger partial charge < -0.3 is 20.1 Å². The van der Waals surface area contributed by atoms with Gasteiger partial charge in [-0.1, -0.05) is 13.0 Å². The molecule has 0 fully saturated rings. The molecule has 7 heteroatoms. The molecule has 0 spiro atoms. The topological polar surface area (TPSA) is 89.6 Å². The van der Waals surface area contributed by atoms with E-state index in [4.69, 9.17) is 9.47 Å². The van der Waals surface area contributed by atoms with Crippen LogP contribution in [0.25, 0.3) is 0 Å². The maximum absolute atomic E-state index is 12.3. The summed E-state index contributed by atoms with van der Waals surface area (Å²) < 4.78 is 10.6. The van der Waals surface area contributed by atoms with Crippen LogP contribution >= 0.6 is 0 Å². The summed E-state index contributed by atoms with van der Waals surface area (Å²) >= 11 is 0. The van der Waals surface area contributed by atoms with Crippen LogP contribution in [0.5, 0.6) is 11.5 Å². The van der Waals surface area contributed by atoms with Gasteiger partial charge in [0.2, 0.25) is 6.79 Å². The highest BCUT2D eigenvalue weighted by Gasteiger charge is 2.14. The first-order valence-electron chi connectivity index (χ1n) is 8.07. The summed E-state index contributed by atoms with van der Waals surface area (Å²) in [4.78, 5) is 28.2. The molecule has 2 aromatic rings. The van der Waals surface area contributed by atoms with E-state index in [2.05, 4.69) is 15.6 Å². The lowest BCUT2D eigenvalue weighted by atomic mass is 10.1. The van der Waals surface area contributed by atoms with E-state index in [1.165, 1.54) is 18.5 Å². The van der Waals surface area contributed by atoms with Crippen LogP contribution in [-0.4, -0.2) is 30.1 Å². The molecule has 0 bridgehead atoms. The molecular formula is C18H19N3O4. The number of benzene rings is 1. The summed E-state index contributed by atoms with van der Waals surface area (Å²) in [5, 5.41) is 5.57. The lowest BCUT2D eigenvalue weighted by Crippen LogP contribution is -2.26. The van der Waals surface area contributed by atoms with Crippen molar-refractivity contribution in [2.24, 2.45) is 0 Å². The highest BCUT2D eigenvalue weighted by atomic mass is 16.7. The number of nitrogens with zero attached hydrogens (tertiary/aromatic N) is 1. The smallest absolute Gasteiger partial charge is 0.253 e. The van der Waals surface area contributed by atoms with Crippen LogP contribution in [0.15, 0.2) is 36.7 Å². The summed E-state index contributed by atoms with van der Waals surface area (Å²) in [6.45, 7) is 3.10. The second-order valence-corrected chi connectivity index (χ2v) is 5.59. The highest BCUT2D eigenvalue weighted by molar-refractivity contribution is 5.99. The first-order chi connectivity index (χ1) is 12.2. The zero-order valence-corrected chi connectivity index (χ0v) is 13.9. The molecule has 0 atom stereocenters. The Kier molecular flexibility index (Phi) is 5.13. The minimum atomic E-state index is -0.296. The van der Waals surface area contributed by atoms with E-state index in [9.17, 15) is 9.59 Å². The Labute approximate surface area is 145 Å². The van der Waals surface area contributed by atoms with E-state index in [0.717, 1.165) is 12.0 Å². The lowest BCUT2D eigenvalue weighted by molar-refractivity contribution is 0.0950. The molecule has 0 saturated carbocycles. The van der Waals surface area contributed by atoms with Crippen LogP contribution in [0.2, 0.25) is 0 Å². The first kappa shape index (κ1) is 16.8. The van der Waals surface area contributed by atoms with Gasteiger partial charge in [0, 0.05) is 25.5 Å². The number of hydrogen-bond donors (Lipinski definition) is 2. The third kappa shape index (κ3) is 4.06. The summed E-state index contributed by atoms with van der Waals surface area (Å²) in [7, 11) is 0. The molecule has 130 valence electrons. The van der Waals surface area contributed by atoms with Crippen molar-refractivity contribution in [3.63, 3.8) is 0 Å². The van der Waals surface area contributed by atoms with Crippen molar-refractivity contribution in [1.82, 2.24) is 15.6 Å². The number of amides is 2. The number of hydrogen-bond acceptors (Lipinski definition) is 5. The van der Waals surface area contributed by atoms with Gasteiger partial charge in [0.05, 0.1) is 11.1 Å². The molecule has 1 aliphatic heterocycles. The summed E-state index contributed by atoms with van der Waals surface area (Å²) in [6, 6.07) is 7.03. The van der Waals surface area contributed by atoms with Crippen LogP contribution in [0.1, 0.15) is 39.6 Å². The molecule has 7 nitrogen and oxygen atoms in total. The third-order valence-electron chi connectivity index (χ3n) is 3.69. The molecular weight excluding hydrogens is 322 g/mol.